The molecule has 0 amide bonds. The highest BCUT2D eigenvalue weighted by atomic mass is 16.7. The molecule has 1 heterocycles. The van der Waals surface area contributed by atoms with Crippen molar-refractivity contribution in [3.63, 3.8) is 0 Å². The van der Waals surface area contributed by atoms with Crippen LogP contribution < -0.4 is 0 Å². The van der Waals surface area contributed by atoms with Gasteiger partial charge in [0.2, 0.25) is 0 Å². The molecule has 76 valence electrons. The topological polar surface area (TPSA) is 65.0 Å². The minimum atomic E-state index is -1.15. The standard InChI is InChI=1S/C8H14O5/c1-2-11-8(10)6(9)5-7-12-3-4-13-7/h6-7,9H,2-5H2,1H3. The van der Waals surface area contributed by atoms with Crippen LogP contribution in [0, 0.1) is 0 Å². The fourth-order valence-electron chi connectivity index (χ4n) is 1.06. The maximum atomic E-state index is 10.9. The van der Waals surface area contributed by atoms with Crippen molar-refractivity contribution in [2.75, 3.05) is 19.8 Å². The van der Waals surface area contributed by atoms with Gasteiger partial charge in [-0.05, 0) is 6.92 Å². The Bertz CT molecular complexity index is 164. The third-order valence-corrected chi connectivity index (χ3v) is 1.67. The van der Waals surface area contributed by atoms with Crippen LogP contribution in [0.3, 0.4) is 0 Å². The van der Waals surface area contributed by atoms with E-state index in [1.54, 1.807) is 6.92 Å². The third-order valence-electron chi connectivity index (χ3n) is 1.67. The van der Waals surface area contributed by atoms with Crippen molar-refractivity contribution in [1.82, 2.24) is 0 Å². The predicted octanol–water partition coefficient (Wildman–Crippen LogP) is -0.327. The minimum Gasteiger partial charge on any atom is -0.464 e. The minimum absolute atomic E-state index is 0.138. The van der Waals surface area contributed by atoms with Crippen molar-refractivity contribution in [2.24, 2.45) is 0 Å². The van der Waals surface area contributed by atoms with E-state index in [1.165, 1.54) is 0 Å². The second-order valence-corrected chi connectivity index (χ2v) is 2.67. The molecule has 0 aromatic rings. The molecular formula is C8H14O5. The second-order valence-electron chi connectivity index (χ2n) is 2.67. The molecule has 1 rings (SSSR count). The van der Waals surface area contributed by atoms with Gasteiger partial charge in [0.05, 0.1) is 19.8 Å². The molecule has 0 spiro atoms. The Morgan fingerprint density at radius 1 is 1.62 bits per heavy atom. The molecule has 0 aliphatic carbocycles. The number of ether oxygens (including phenoxy) is 3. The first-order valence-electron chi connectivity index (χ1n) is 4.32. The lowest BCUT2D eigenvalue weighted by atomic mass is 10.2. The van der Waals surface area contributed by atoms with Gasteiger partial charge < -0.3 is 19.3 Å². The molecule has 0 aromatic carbocycles. The van der Waals surface area contributed by atoms with Gasteiger partial charge in [-0.1, -0.05) is 0 Å². The Kier molecular flexibility index (Phi) is 4.14. The summed E-state index contributed by atoms with van der Waals surface area (Å²) in [6.07, 6.45) is -1.48. The van der Waals surface area contributed by atoms with Crippen LogP contribution in [0.2, 0.25) is 0 Å². The fourth-order valence-corrected chi connectivity index (χ4v) is 1.06. The van der Waals surface area contributed by atoms with Gasteiger partial charge in [0.25, 0.3) is 0 Å². The molecule has 1 N–H and O–H groups in total. The highest BCUT2D eigenvalue weighted by molar-refractivity contribution is 5.74. The van der Waals surface area contributed by atoms with E-state index >= 15 is 0 Å². The average Bonchev–Trinajstić information content (AvgIpc) is 2.57. The highest BCUT2D eigenvalue weighted by Crippen LogP contribution is 2.11. The zero-order chi connectivity index (χ0) is 9.68. The summed E-state index contributed by atoms with van der Waals surface area (Å²) in [6, 6.07) is 0. The van der Waals surface area contributed by atoms with E-state index in [1.807, 2.05) is 0 Å². The Balaban J connectivity index is 2.22. The molecule has 0 saturated carbocycles. The SMILES string of the molecule is CCOC(=O)C(O)CC1OCCO1. The average molecular weight is 190 g/mol. The molecule has 0 aromatic heterocycles. The smallest absolute Gasteiger partial charge is 0.335 e. The first-order chi connectivity index (χ1) is 6.24. The summed E-state index contributed by atoms with van der Waals surface area (Å²) in [7, 11) is 0. The molecular weight excluding hydrogens is 176 g/mol. The van der Waals surface area contributed by atoms with Crippen LogP contribution in [0.5, 0.6) is 0 Å². The van der Waals surface area contributed by atoms with Gasteiger partial charge in [-0.3, -0.25) is 0 Å². The van der Waals surface area contributed by atoms with Crippen LogP contribution in [0.15, 0.2) is 0 Å². The van der Waals surface area contributed by atoms with Crippen molar-refractivity contribution in [2.45, 2.75) is 25.7 Å². The molecule has 5 heteroatoms. The number of aliphatic hydroxyl groups excluding tert-OH is 1. The number of hydrogen-bond donors (Lipinski definition) is 1. The largest absolute Gasteiger partial charge is 0.464 e. The Morgan fingerprint density at radius 2 is 2.23 bits per heavy atom. The van der Waals surface area contributed by atoms with Gasteiger partial charge >= 0.3 is 5.97 Å². The van der Waals surface area contributed by atoms with Crippen LogP contribution >= 0.6 is 0 Å². The quantitative estimate of drug-likeness (QED) is 0.615. The number of aliphatic hydroxyl groups is 1. The molecule has 1 fully saturated rings. The number of esters is 1. The van der Waals surface area contributed by atoms with Gasteiger partial charge in [-0.25, -0.2) is 4.79 Å². The van der Waals surface area contributed by atoms with Gasteiger partial charge in [0.15, 0.2) is 12.4 Å². The zero-order valence-electron chi connectivity index (χ0n) is 7.56. The summed E-state index contributed by atoms with van der Waals surface area (Å²) in [4.78, 5) is 10.9. The van der Waals surface area contributed by atoms with E-state index in [9.17, 15) is 9.90 Å². The van der Waals surface area contributed by atoms with E-state index in [0.717, 1.165) is 0 Å². The van der Waals surface area contributed by atoms with E-state index in [-0.39, 0.29) is 13.0 Å². The van der Waals surface area contributed by atoms with E-state index < -0.39 is 18.4 Å². The van der Waals surface area contributed by atoms with E-state index in [4.69, 9.17) is 9.47 Å². The monoisotopic (exact) mass is 190 g/mol. The molecule has 1 aliphatic heterocycles. The fraction of sp³-hybridized carbons (Fsp3) is 0.875. The van der Waals surface area contributed by atoms with E-state index in [2.05, 4.69) is 4.74 Å². The number of carbonyl (C=O) groups is 1. The highest BCUT2D eigenvalue weighted by Gasteiger charge is 2.25. The molecule has 0 bridgehead atoms. The third kappa shape index (κ3) is 3.30. The summed E-state index contributed by atoms with van der Waals surface area (Å²) in [6.45, 7) is 2.98. The normalized spacial score (nSPS) is 20.2. The molecule has 1 aliphatic rings. The molecule has 0 radical (unpaired) electrons. The summed E-state index contributed by atoms with van der Waals surface area (Å²) in [5.74, 6) is -0.624. The Hall–Kier alpha value is -0.650. The number of rotatable bonds is 4. The van der Waals surface area contributed by atoms with Gasteiger partial charge in [0, 0.05) is 6.42 Å². The van der Waals surface area contributed by atoms with Gasteiger partial charge in [-0.2, -0.15) is 0 Å². The van der Waals surface area contributed by atoms with Crippen LogP contribution in [0.1, 0.15) is 13.3 Å². The van der Waals surface area contributed by atoms with Crippen molar-refractivity contribution >= 4 is 5.97 Å². The maximum absolute atomic E-state index is 10.9. The molecule has 1 atom stereocenters. The van der Waals surface area contributed by atoms with Crippen molar-refractivity contribution in [1.29, 1.82) is 0 Å². The summed E-state index contributed by atoms with van der Waals surface area (Å²) >= 11 is 0. The van der Waals surface area contributed by atoms with Crippen LogP contribution in [-0.2, 0) is 19.0 Å². The molecule has 13 heavy (non-hydrogen) atoms. The maximum Gasteiger partial charge on any atom is 0.335 e. The second kappa shape index (κ2) is 5.16. The van der Waals surface area contributed by atoms with Crippen molar-refractivity contribution in [3.8, 4) is 0 Å². The number of hydrogen-bond acceptors (Lipinski definition) is 5. The van der Waals surface area contributed by atoms with Gasteiger partial charge in [-0.15, -0.1) is 0 Å². The first-order valence-corrected chi connectivity index (χ1v) is 4.32. The summed E-state index contributed by atoms with van der Waals surface area (Å²) < 4.78 is 14.7. The molecule has 1 saturated heterocycles. The lowest BCUT2D eigenvalue weighted by Gasteiger charge is -2.13. The van der Waals surface area contributed by atoms with Crippen LogP contribution in [-0.4, -0.2) is 43.3 Å². The van der Waals surface area contributed by atoms with E-state index in [0.29, 0.717) is 13.2 Å². The first kappa shape index (κ1) is 10.4. The summed E-state index contributed by atoms with van der Waals surface area (Å²) in [5.41, 5.74) is 0. The van der Waals surface area contributed by atoms with Crippen LogP contribution in [0.25, 0.3) is 0 Å². The lowest BCUT2D eigenvalue weighted by molar-refractivity contribution is -0.158. The Labute approximate surface area is 76.6 Å². The van der Waals surface area contributed by atoms with Crippen molar-refractivity contribution < 1.29 is 24.1 Å². The van der Waals surface area contributed by atoms with Crippen LogP contribution in [0.4, 0.5) is 0 Å². The molecule has 1 unspecified atom stereocenters. The van der Waals surface area contributed by atoms with Gasteiger partial charge in [0.1, 0.15) is 0 Å². The number of carbonyl (C=O) groups excluding carboxylic acids is 1. The predicted molar refractivity (Wildman–Crippen MR) is 42.9 cm³/mol. The van der Waals surface area contributed by atoms with Crippen molar-refractivity contribution in [3.05, 3.63) is 0 Å². The molecule has 5 nitrogen and oxygen atoms in total. The lowest BCUT2D eigenvalue weighted by Crippen LogP contribution is -2.28. The zero-order valence-corrected chi connectivity index (χ0v) is 7.56. The summed E-state index contributed by atoms with van der Waals surface area (Å²) in [5, 5.41) is 9.27. The Morgan fingerprint density at radius 3 is 2.77 bits per heavy atom.